The monoisotopic (exact) mass is 772 g/mol. The minimum atomic E-state index is -4.34. The van der Waals surface area contributed by atoms with E-state index in [1.807, 2.05) is 30.3 Å². The van der Waals surface area contributed by atoms with E-state index < -0.39 is 17.2 Å². The largest absolute Gasteiger partial charge is 0.493 e. The third-order valence-electron chi connectivity index (χ3n) is 9.37. The number of benzene rings is 3. The topological polar surface area (TPSA) is 121 Å². The molecule has 55 heavy (non-hydrogen) atoms. The molecule has 0 spiro atoms. The van der Waals surface area contributed by atoms with Gasteiger partial charge in [0, 0.05) is 26.8 Å². The van der Waals surface area contributed by atoms with Crippen molar-refractivity contribution >= 4 is 5.71 Å². The molecule has 3 aromatic rings. The Morgan fingerprint density at radius 3 is 1.93 bits per heavy atom. The normalized spacial score (nSPS) is 12.7. The molecule has 10 nitrogen and oxygen atoms in total. The number of hydrogen-bond acceptors (Lipinski definition) is 10. The number of methoxy groups -OCH3 is 5. The molecule has 0 amide bonds. The lowest BCUT2D eigenvalue weighted by atomic mass is 9.69. The predicted octanol–water partition coefficient (Wildman–Crippen LogP) is 8.29. The van der Waals surface area contributed by atoms with Crippen molar-refractivity contribution in [3.8, 4) is 29.1 Å². The fourth-order valence-corrected chi connectivity index (χ4v) is 6.03. The summed E-state index contributed by atoms with van der Waals surface area (Å²) in [6.07, 6.45) is 0.510. The first kappa shape index (κ1) is 46.6. The summed E-state index contributed by atoms with van der Waals surface area (Å²) in [6.45, 7) is 7.28. The van der Waals surface area contributed by atoms with Crippen molar-refractivity contribution in [2.75, 3.05) is 75.4 Å². The lowest BCUT2D eigenvalue weighted by Gasteiger charge is -2.32. The summed E-state index contributed by atoms with van der Waals surface area (Å²) in [5.41, 5.74) is 7.47. The number of nitrogens with zero attached hydrogens (tertiary/aromatic N) is 3. The molecule has 1 atom stereocenters. The second-order valence-corrected chi connectivity index (χ2v) is 13.3. The third-order valence-corrected chi connectivity index (χ3v) is 9.37. The number of likely N-dealkylation sites (N-methyl/N-ethyl adjacent to an activating group) is 1. The van der Waals surface area contributed by atoms with Gasteiger partial charge in [0.15, 0.2) is 23.0 Å². The SMILES string of the molecule is COCCCC/C(=N\OCCN)c1ccc(C(F)(F)F)cc1.COc1ccc(CCN(C)CCCC(C#N)(c2ccc(OC)c(OC)c2)C(C)C)cc1OC. The van der Waals surface area contributed by atoms with Crippen LogP contribution in [0.5, 0.6) is 23.0 Å². The molecule has 0 aromatic heterocycles. The minimum Gasteiger partial charge on any atom is -0.493 e. The number of nitriles is 1. The van der Waals surface area contributed by atoms with Crippen LogP contribution in [0.4, 0.5) is 13.2 Å². The van der Waals surface area contributed by atoms with E-state index in [4.69, 9.17) is 34.3 Å². The highest BCUT2D eigenvalue weighted by atomic mass is 19.4. The van der Waals surface area contributed by atoms with Crippen molar-refractivity contribution < 1.29 is 41.7 Å². The maximum Gasteiger partial charge on any atom is 0.416 e. The van der Waals surface area contributed by atoms with Crippen molar-refractivity contribution in [1.82, 2.24) is 4.90 Å². The van der Waals surface area contributed by atoms with Crippen LogP contribution >= 0.6 is 0 Å². The summed E-state index contributed by atoms with van der Waals surface area (Å²) >= 11 is 0. The number of ether oxygens (including phenoxy) is 5. The first-order valence-electron chi connectivity index (χ1n) is 18.4. The second kappa shape index (κ2) is 24.1. The number of nitrogens with two attached hydrogens (primary N) is 1. The van der Waals surface area contributed by atoms with Crippen molar-refractivity contribution in [2.24, 2.45) is 16.8 Å². The van der Waals surface area contributed by atoms with Crippen LogP contribution in [-0.2, 0) is 27.6 Å². The number of rotatable bonds is 22. The van der Waals surface area contributed by atoms with Gasteiger partial charge >= 0.3 is 6.18 Å². The molecule has 0 bridgehead atoms. The predicted molar refractivity (Wildman–Crippen MR) is 210 cm³/mol. The zero-order valence-corrected chi connectivity index (χ0v) is 33.6. The Morgan fingerprint density at radius 1 is 0.782 bits per heavy atom. The lowest BCUT2D eigenvalue weighted by Crippen LogP contribution is -2.32. The highest BCUT2D eigenvalue weighted by Crippen LogP contribution is 2.40. The van der Waals surface area contributed by atoms with Gasteiger partial charge in [-0.3, -0.25) is 0 Å². The van der Waals surface area contributed by atoms with Gasteiger partial charge in [-0.05, 0) is 111 Å². The number of oxime groups is 1. The standard InChI is InChI=1S/C27H38N2O4.C15H21F3N2O2/c1-20(2)27(19-28,22-10-12-24(31-5)26(18-22)33-7)14-8-15-29(3)16-13-21-9-11-23(30-4)25(17-21)32-6;1-21-10-3-2-4-14(20-22-11-9-19)12-5-7-13(8-6-12)15(16,17)18/h9-12,17-18,20H,8,13-16H2,1-7H3;5-8H,2-4,9-11,19H2,1H3/b;20-14+. The number of hydrogen-bond donors (Lipinski definition) is 1. The van der Waals surface area contributed by atoms with Crippen molar-refractivity contribution in [3.05, 3.63) is 82.9 Å². The van der Waals surface area contributed by atoms with Crippen molar-refractivity contribution in [3.63, 3.8) is 0 Å². The molecular weight excluding hydrogens is 713 g/mol. The van der Waals surface area contributed by atoms with Gasteiger partial charge in [-0.15, -0.1) is 0 Å². The summed E-state index contributed by atoms with van der Waals surface area (Å²) in [6, 6.07) is 19.4. The van der Waals surface area contributed by atoms with E-state index in [1.165, 1.54) is 17.7 Å². The molecule has 304 valence electrons. The number of alkyl halides is 3. The van der Waals surface area contributed by atoms with Gasteiger partial charge in [0.2, 0.25) is 0 Å². The van der Waals surface area contributed by atoms with Crippen molar-refractivity contribution in [2.45, 2.75) is 64.0 Å². The Balaban J connectivity index is 0.000000413. The second-order valence-electron chi connectivity index (χ2n) is 13.3. The molecule has 3 rings (SSSR count). The van der Waals surface area contributed by atoms with E-state index >= 15 is 0 Å². The van der Waals surface area contributed by atoms with Crippen LogP contribution in [0.25, 0.3) is 0 Å². The van der Waals surface area contributed by atoms with E-state index in [2.05, 4.69) is 43.1 Å². The van der Waals surface area contributed by atoms with Gasteiger partial charge in [-0.25, -0.2) is 0 Å². The minimum absolute atomic E-state index is 0.165. The van der Waals surface area contributed by atoms with Gasteiger partial charge in [0.05, 0.1) is 51.2 Å². The number of halogens is 3. The molecule has 0 radical (unpaired) electrons. The highest BCUT2D eigenvalue weighted by molar-refractivity contribution is 6.00. The zero-order chi connectivity index (χ0) is 40.9. The quantitative estimate of drug-likeness (QED) is 0.0611. The molecule has 2 N–H and O–H groups in total. The molecule has 0 aliphatic rings. The maximum absolute atomic E-state index is 12.6. The van der Waals surface area contributed by atoms with Crippen molar-refractivity contribution in [1.29, 1.82) is 5.26 Å². The first-order chi connectivity index (χ1) is 26.3. The summed E-state index contributed by atoms with van der Waals surface area (Å²) in [5.74, 6) is 2.99. The van der Waals surface area contributed by atoms with E-state index in [0.29, 0.717) is 42.3 Å². The summed E-state index contributed by atoms with van der Waals surface area (Å²) in [7, 11) is 10.3. The van der Waals surface area contributed by atoms with Gasteiger partial charge in [-0.1, -0.05) is 43.3 Å². The fraction of sp³-hybridized carbons (Fsp3) is 0.524. The first-order valence-corrected chi connectivity index (χ1v) is 18.4. The van der Waals surface area contributed by atoms with Gasteiger partial charge in [-0.2, -0.15) is 18.4 Å². The van der Waals surface area contributed by atoms with Gasteiger partial charge < -0.3 is 39.2 Å². The van der Waals surface area contributed by atoms with E-state index in [0.717, 1.165) is 74.4 Å². The lowest BCUT2D eigenvalue weighted by molar-refractivity contribution is -0.137. The van der Waals surface area contributed by atoms with Crippen LogP contribution < -0.4 is 24.7 Å². The molecular formula is C42H59F3N4O6. The summed E-state index contributed by atoms with van der Waals surface area (Å²) in [4.78, 5) is 7.38. The van der Waals surface area contributed by atoms with E-state index in [-0.39, 0.29) is 12.5 Å². The Hall–Kier alpha value is -4.51. The van der Waals surface area contributed by atoms with Gasteiger partial charge in [0.1, 0.15) is 6.61 Å². The maximum atomic E-state index is 12.6. The molecule has 0 aliphatic heterocycles. The van der Waals surface area contributed by atoms with Crippen LogP contribution in [0.2, 0.25) is 0 Å². The third kappa shape index (κ3) is 14.6. The molecule has 0 saturated carbocycles. The summed E-state index contributed by atoms with van der Waals surface area (Å²) in [5, 5.41) is 14.2. The zero-order valence-electron chi connectivity index (χ0n) is 33.6. The smallest absolute Gasteiger partial charge is 0.416 e. The molecule has 1 unspecified atom stereocenters. The Kier molecular flexibility index (Phi) is 20.4. The van der Waals surface area contributed by atoms with E-state index in [1.54, 1.807) is 35.5 Å². The van der Waals surface area contributed by atoms with Gasteiger partial charge in [0.25, 0.3) is 0 Å². The van der Waals surface area contributed by atoms with Crippen LogP contribution in [-0.4, -0.2) is 86.1 Å². The Bertz CT molecular complexity index is 1630. The Morgan fingerprint density at radius 2 is 1.38 bits per heavy atom. The average Bonchev–Trinajstić information content (AvgIpc) is 3.19. The molecule has 13 heteroatoms. The molecule has 0 fully saturated rings. The van der Waals surface area contributed by atoms with Crippen LogP contribution in [0.15, 0.2) is 65.8 Å². The molecule has 0 saturated heterocycles. The molecule has 0 heterocycles. The van der Waals surface area contributed by atoms with Crippen LogP contribution in [0, 0.1) is 17.2 Å². The highest BCUT2D eigenvalue weighted by Gasteiger charge is 2.36. The van der Waals surface area contributed by atoms with E-state index in [9.17, 15) is 18.4 Å². The Labute approximate surface area is 325 Å². The van der Waals surface area contributed by atoms with Crippen LogP contribution in [0.1, 0.15) is 68.2 Å². The molecule has 3 aromatic carbocycles. The fourth-order valence-electron chi connectivity index (χ4n) is 6.03. The molecule has 0 aliphatic carbocycles. The average molecular weight is 773 g/mol. The number of unbranched alkanes of at least 4 members (excludes halogenated alkanes) is 1. The summed E-state index contributed by atoms with van der Waals surface area (Å²) < 4.78 is 64.3. The van der Waals surface area contributed by atoms with Crippen LogP contribution in [0.3, 0.4) is 0 Å².